The fraction of sp³-hybridized carbons (Fsp3) is 0.200. The van der Waals surface area contributed by atoms with Crippen molar-refractivity contribution in [2.45, 2.75) is 6.92 Å². The van der Waals surface area contributed by atoms with E-state index in [4.69, 9.17) is 0 Å². The second kappa shape index (κ2) is 1.89. The van der Waals surface area contributed by atoms with E-state index in [-0.39, 0.29) is 5.69 Å². The van der Waals surface area contributed by atoms with Gasteiger partial charge in [-0.3, -0.25) is 9.78 Å². The maximum atomic E-state index is 10.3. The number of aryl methyl sites for hydroxylation is 1. The normalized spacial score (nSPS) is 9.44. The average molecular weight is 127 g/mol. The average Bonchev–Trinajstić information content (AvgIpc) is 2.10. The minimum absolute atomic E-state index is 0.208. The molecule has 0 bridgehead atoms. The maximum absolute atomic E-state index is 10.3. The molecule has 0 saturated heterocycles. The minimum atomic E-state index is -0.588. The van der Waals surface area contributed by atoms with E-state index in [1.807, 2.05) is 0 Å². The zero-order valence-electron chi connectivity index (χ0n) is 4.80. The summed E-state index contributed by atoms with van der Waals surface area (Å²) in [5.74, 6) is -0.260. The molecule has 9 heavy (non-hydrogen) atoms. The number of hydrogen-bond donors (Lipinski definition) is 1. The predicted octanol–water partition coefficient (Wildman–Crippen LogP) is 0.0888. The number of aromatic amines is 1. The molecule has 0 spiro atoms. The molecule has 1 N–H and O–H groups in total. The van der Waals surface area contributed by atoms with E-state index in [2.05, 4.69) is 9.40 Å². The van der Waals surface area contributed by atoms with Gasteiger partial charge in [0.05, 0.1) is 0 Å². The summed E-state index contributed by atoms with van der Waals surface area (Å²) in [7, 11) is 0. The lowest BCUT2D eigenvalue weighted by Gasteiger charge is -1.76. The van der Waals surface area contributed by atoms with Crippen LogP contribution in [-0.4, -0.2) is 11.3 Å². The van der Waals surface area contributed by atoms with E-state index in [0.717, 1.165) is 0 Å². The number of H-pyrrole nitrogens is 1. The van der Waals surface area contributed by atoms with Gasteiger partial charge in [0.1, 0.15) is 11.5 Å². The summed E-state index contributed by atoms with van der Waals surface area (Å²) in [5, 5.41) is 0. The van der Waals surface area contributed by atoms with Crippen molar-refractivity contribution < 1.29 is 9.21 Å². The number of hydrogen-bond acceptors (Lipinski definition) is 3. The lowest BCUT2D eigenvalue weighted by molar-refractivity contribution is 0.111. The SMILES string of the molecule is Cc1oc(=O)[nH]c1C=O. The quantitative estimate of drug-likeness (QED) is 0.543. The van der Waals surface area contributed by atoms with Crippen LogP contribution in [0.15, 0.2) is 9.21 Å². The van der Waals surface area contributed by atoms with Crippen molar-refractivity contribution in [3.05, 3.63) is 22.0 Å². The van der Waals surface area contributed by atoms with Crippen LogP contribution in [0.4, 0.5) is 0 Å². The van der Waals surface area contributed by atoms with Crippen LogP contribution < -0.4 is 5.76 Å². The first-order valence-corrected chi connectivity index (χ1v) is 2.39. The Bertz CT molecular complexity index is 270. The van der Waals surface area contributed by atoms with Gasteiger partial charge < -0.3 is 4.42 Å². The number of aromatic nitrogens is 1. The molecule has 0 saturated carbocycles. The van der Waals surface area contributed by atoms with Crippen LogP contribution in [0.25, 0.3) is 0 Å². The van der Waals surface area contributed by atoms with Crippen molar-refractivity contribution >= 4 is 6.29 Å². The lowest BCUT2D eigenvalue weighted by Crippen LogP contribution is -1.95. The Morgan fingerprint density at radius 3 is 2.56 bits per heavy atom. The molecule has 0 fully saturated rings. The van der Waals surface area contributed by atoms with E-state index < -0.39 is 5.76 Å². The van der Waals surface area contributed by atoms with Crippen molar-refractivity contribution in [3.63, 3.8) is 0 Å². The topological polar surface area (TPSA) is 63.1 Å². The first kappa shape index (κ1) is 5.81. The largest absolute Gasteiger partial charge is 0.417 e. The Hall–Kier alpha value is -1.32. The van der Waals surface area contributed by atoms with Gasteiger partial charge >= 0.3 is 5.76 Å². The summed E-state index contributed by atoms with van der Waals surface area (Å²) in [6.07, 6.45) is 0.542. The molecule has 0 unspecified atom stereocenters. The summed E-state index contributed by atoms with van der Waals surface area (Å²) in [4.78, 5) is 22.5. The number of aldehydes is 1. The number of carbonyl (C=O) groups excluding carboxylic acids is 1. The van der Waals surface area contributed by atoms with E-state index in [1.54, 1.807) is 6.92 Å². The Labute approximate surface area is 50.5 Å². The van der Waals surface area contributed by atoms with E-state index in [9.17, 15) is 9.59 Å². The second-order valence-electron chi connectivity index (χ2n) is 1.60. The number of oxazole rings is 1. The Kier molecular flexibility index (Phi) is 1.22. The maximum Gasteiger partial charge on any atom is 0.417 e. The van der Waals surface area contributed by atoms with E-state index in [1.165, 1.54) is 0 Å². The summed E-state index contributed by atoms with van der Waals surface area (Å²) in [6, 6.07) is 0. The van der Waals surface area contributed by atoms with Crippen LogP contribution in [0.1, 0.15) is 16.2 Å². The molecule has 48 valence electrons. The van der Waals surface area contributed by atoms with Gasteiger partial charge in [-0.1, -0.05) is 0 Å². The van der Waals surface area contributed by atoms with Gasteiger partial charge in [0.15, 0.2) is 6.29 Å². The molecule has 1 heterocycles. The molecular formula is C5H5NO3. The van der Waals surface area contributed by atoms with Gasteiger partial charge in [0, 0.05) is 0 Å². The first-order valence-electron chi connectivity index (χ1n) is 2.39. The summed E-state index contributed by atoms with van der Waals surface area (Å²) >= 11 is 0. The first-order chi connectivity index (χ1) is 4.24. The molecule has 1 rings (SSSR count). The molecule has 0 atom stereocenters. The Morgan fingerprint density at radius 1 is 1.67 bits per heavy atom. The van der Waals surface area contributed by atoms with Crippen LogP contribution in [0.2, 0.25) is 0 Å². The third-order valence-corrected chi connectivity index (χ3v) is 0.980. The second-order valence-corrected chi connectivity index (χ2v) is 1.60. The van der Waals surface area contributed by atoms with E-state index in [0.29, 0.717) is 12.0 Å². The molecular weight excluding hydrogens is 122 g/mol. The fourth-order valence-corrected chi connectivity index (χ4v) is 0.530. The highest BCUT2D eigenvalue weighted by molar-refractivity contribution is 5.72. The minimum Gasteiger partial charge on any atom is -0.413 e. The predicted molar refractivity (Wildman–Crippen MR) is 29.5 cm³/mol. The van der Waals surface area contributed by atoms with Crippen LogP contribution in [-0.2, 0) is 0 Å². The Balaban J connectivity index is 3.31. The van der Waals surface area contributed by atoms with Crippen molar-refractivity contribution in [3.8, 4) is 0 Å². The van der Waals surface area contributed by atoms with Crippen LogP contribution in [0.5, 0.6) is 0 Å². The van der Waals surface area contributed by atoms with Crippen LogP contribution in [0, 0.1) is 6.92 Å². The molecule has 1 aromatic rings. The standard InChI is InChI=1S/C5H5NO3/c1-3-4(2-7)6-5(8)9-3/h2H,1H3,(H,6,8). The molecule has 0 aliphatic heterocycles. The summed E-state index contributed by atoms with van der Waals surface area (Å²) in [6.45, 7) is 1.54. The molecule has 0 radical (unpaired) electrons. The molecule has 0 aliphatic rings. The van der Waals surface area contributed by atoms with Crippen molar-refractivity contribution in [1.82, 2.24) is 4.98 Å². The molecule has 0 amide bonds. The zero-order chi connectivity index (χ0) is 6.85. The Morgan fingerprint density at radius 2 is 2.33 bits per heavy atom. The van der Waals surface area contributed by atoms with Crippen LogP contribution in [0.3, 0.4) is 0 Å². The van der Waals surface area contributed by atoms with Crippen LogP contribution >= 0.6 is 0 Å². The van der Waals surface area contributed by atoms with Gasteiger partial charge in [-0.05, 0) is 6.92 Å². The van der Waals surface area contributed by atoms with Crippen molar-refractivity contribution in [1.29, 1.82) is 0 Å². The highest BCUT2D eigenvalue weighted by atomic mass is 16.4. The summed E-state index contributed by atoms with van der Waals surface area (Å²) in [5.41, 5.74) is 0.208. The van der Waals surface area contributed by atoms with Gasteiger partial charge in [0.2, 0.25) is 0 Å². The molecule has 1 aromatic heterocycles. The van der Waals surface area contributed by atoms with Gasteiger partial charge in [-0.15, -0.1) is 0 Å². The highest BCUT2D eigenvalue weighted by Crippen LogP contribution is 1.94. The molecule has 0 aromatic carbocycles. The lowest BCUT2D eigenvalue weighted by atomic mass is 10.4. The fourth-order valence-electron chi connectivity index (χ4n) is 0.530. The van der Waals surface area contributed by atoms with Gasteiger partial charge in [-0.25, -0.2) is 4.79 Å². The van der Waals surface area contributed by atoms with Gasteiger partial charge in [-0.2, -0.15) is 0 Å². The highest BCUT2D eigenvalue weighted by Gasteiger charge is 2.00. The molecule has 4 heteroatoms. The zero-order valence-corrected chi connectivity index (χ0v) is 4.80. The molecule has 0 aliphatic carbocycles. The third-order valence-electron chi connectivity index (χ3n) is 0.980. The van der Waals surface area contributed by atoms with Gasteiger partial charge in [0.25, 0.3) is 0 Å². The third kappa shape index (κ3) is 0.910. The van der Waals surface area contributed by atoms with Crippen molar-refractivity contribution in [2.75, 3.05) is 0 Å². The van der Waals surface area contributed by atoms with Crippen molar-refractivity contribution in [2.24, 2.45) is 0 Å². The van der Waals surface area contributed by atoms with E-state index >= 15 is 0 Å². The number of rotatable bonds is 1. The number of nitrogens with one attached hydrogen (secondary N) is 1. The smallest absolute Gasteiger partial charge is 0.413 e. The number of carbonyl (C=O) groups is 1. The summed E-state index contributed by atoms with van der Waals surface area (Å²) < 4.78 is 4.46. The molecule has 4 nitrogen and oxygen atoms in total. The monoisotopic (exact) mass is 127 g/mol.